The van der Waals surface area contributed by atoms with Crippen LogP contribution < -0.4 is 5.56 Å². The van der Waals surface area contributed by atoms with Gasteiger partial charge in [0.05, 0.1) is 18.5 Å². The van der Waals surface area contributed by atoms with Gasteiger partial charge in [-0.25, -0.2) is 9.37 Å². The molecule has 3 aromatic rings. The predicted molar refractivity (Wildman–Crippen MR) is 94.4 cm³/mol. The number of thiophene rings is 1. The lowest BCUT2D eigenvalue weighted by molar-refractivity contribution is 0.199. The summed E-state index contributed by atoms with van der Waals surface area (Å²) in [6.07, 6.45) is 0.535. The van der Waals surface area contributed by atoms with Gasteiger partial charge in [0.15, 0.2) is 0 Å². The van der Waals surface area contributed by atoms with Crippen molar-refractivity contribution in [2.45, 2.75) is 26.8 Å². The molecular formula is C18H19FN2O2S. The smallest absolute Gasteiger partial charge is 0.262 e. The number of aromatic nitrogens is 2. The molecule has 24 heavy (non-hydrogen) atoms. The number of aryl methyl sites for hydroxylation is 2. The molecule has 1 aromatic carbocycles. The lowest BCUT2D eigenvalue weighted by Gasteiger charge is -2.12. The molecule has 2 aromatic heterocycles. The van der Waals surface area contributed by atoms with Crippen LogP contribution in [0, 0.1) is 19.7 Å². The van der Waals surface area contributed by atoms with E-state index in [0.29, 0.717) is 30.8 Å². The Morgan fingerprint density at radius 1 is 1.33 bits per heavy atom. The third kappa shape index (κ3) is 3.12. The van der Waals surface area contributed by atoms with E-state index >= 15 is 0 Å². The standard InChI is InChI=1S/C18H19FN2O2S/c1-11-12(2)24-17-16(11)18(22)21(15(20-17)7-8-23-3)10-13-5-4-6-14(19)9-13/h4-6,9H,7-8,10H2,1-3H3. The molecule has 0 N–H and O–H groups in total. The summed E-state index contributed by atoms with van der Waals surface area (Å²) in [4.78, 5) is 19.6. The second kappa shape index (κ2) is 6.83. The molecule has 0 spiro atoms. The molecule has 4 nitrogen and oxygen atoms in total. The van der Waals surface area contributed by atoms with Crippen LogP contribution in [-0.2, 0) is 17.7 Å². The van der Waals surface area contributed by atoms with E-state index in [1.165, 1.54) is 23.5 Å². The first-order chi connectivity index (χ1) is 11.5. The Balaban J connectivity index is 2.17. The van der Waals surface area contributed by atoms with E-state index in [1.54, 1.807) is 17.7 Å². The van der Waals surface area contributed by atoms with Gasteiger partial charge in [-0.05, 0) is 37.1 Å². The number of rotatable bonds is 5. The van der Waals surface area contributed by atoms with Gasteiger partial charge in [0.2, 0.25) is 0 Å². The molecule has 0 radical (unpaired) electrons. The van der Waals surface area contributed by atoms with Crippen LogP contribution in [-0.4, -0.2) is 23.3 Å². The van der Waals surface area contributed by atoms with Crippen molar-refractivity contribution in [2.75, 3.05) is 13.7 Å². The van der Waals surface area contributed by atoms with Crippen LogP contribution in [0.2, 0.25) is 0 Å². The molecule has 126 valence electrons. The first-order valence-corrected chi connectivity index (χ1v) is 8.55. The van der Waals surface area contributed by atoms with Crippen LogP contribution in [0.5, 0.6) is 0 Å². The minimum Gasteiger partial charge on any atom is -0.384 e. The highest BCUT2D eigenvalue weighted by atomic mass is 32.1. The van der Waals surface area contributed by atoms with Crippen LogP contribution in [0.25, 0.3) is 10.2 Å². The summed E-state index contributed by atoms with van der Waals surface area (Å²) in [7, 11) is 1.62. The molecule has 0 saturated carbocycles. The second-order valence-corrected chi connectivity index (χ2v) is 6.96. The second-order valence-electron chi connectivity index (χ2n) is 5.76. The molecule has 0 amide bonds. The maximum Gasteiger partial charge on any atom is 0.262 e. The van der Waals surface area contributed by atoms with E-state index in [0.717, 1.165) is 20.8 Å². The summed E-state index contributed by atoms with van der Waals surface area (Å²) >= 11 is 1.53. The molecule has 0 aliphatic carbocycles. The first-order valence-electron chi connectivity index (χ1n) is 7.74. The molecule has 3 rings (SSSR count). The largest absolute Gasteiger partial charge is 0.384 e. The number of fused-ring (bicyclic) bond motifs is 1. The van der Waals surface area contributed by atoms with Gasteiger partial charge in [-0.3, -0.25) is 9.36 Å². The van der Waals surface area contributed by atoms with Crippen molar-refractivity contribution in [3.63, 3.8) is 0 Å². The van der Waals surface area contributed by atoms with E-state index in [2.05, 4.69) is 4.98 Å². The van der Waals surface area contributed by atoms with Gasteiger partial charge in [-0.15, -0.1) is 11.3 Å². The van der Waals surface area contributed by atoms with Gasteiger partial charge >= 0.3 is 0 Å². The number of hydrogen-bond donors (Lipinski definition) is 0. The minimum atomic E-state index is -0.310. The molecule has 0 fully saturated rings. The van der Waals surface area contributed by atoms with E-state index in [9.17, 15) is 9.18 Å². The van der Waals surface area contributed by atoms with Crippen LogP contribution in [0.1, 0.15) is 21.8 Å². The van der Waals surface area contributed by atoms with Crippen molar-refractivity contribution in [3.8, 4) is 0 Å². The Morgan fingerprint density at radius 3 is 2.83 bits per heavy atom. The third-order valence-corrected chi connectivity index (χ3v) is 5.23. The number of halogens is 1. The third-order valence-electron chi connectivity index (χ3n) is 4.13. The minimum absolute atomic E-state index is 0.0720. The molecule has 0 aliphatic heterocycles. The fourth-order valence-corrected chi connectivity index (χ4v) is 3.77. The first kappa shape index (κ1) is 16.8. The summed E-state index contributed by atoms with van der Waals surface area (Å²) in [5.74, 6) is 0.357. The monoisotopic (exact) mass is 346 g/mol. The fraction of sp³-hybridized carbons (Fsp3) is 0.333. The quantitative estimate of drug-likeness (QED) is 0.711. The topological polar surface area (TPSA) is 44.1 Å². The predicted octanol–water partition coefficient (Wildman–Crippen LogP) is 3.45. The van der Waals surface area contributed by atoms with Crippen LogP contribution in [0.4, 0.5) is 4.39 Å². The van der Waals surface area contributed by atoms with Gasteiger partial charge in [0.1, 0.15) is 16.5 Å². The molecule has 0 saturated heterocycles. The van der Waals surface area contributed by atoms with E-state index < -0.39 is 0 Å². The molecule has 0 unspecified atom stereocenters. The molecular weight excluding hydrogens is 327 g/mol. The van der Waals surface area contributed by atoms with Crippen molar-refractivity contribution in [2.24, 2.45) is 0 Å². The molecule has 0 atom stereocenters. The van der Waals surface area contributed by atoms with Gasteiger partial charge < -0.3 is 4.74 Å². The van der Waals surface area contributed by atoms with Crippen molar-refractivity contribution >= 4 is 21.6 Å². The van der Waals surface area contributed by atoms with E-state index in [4.69, 9.17) is 4.74 Å². The number of benzene rings is 1. The van der Waals surface area contributed by atoms with Gasteiger partial charge in [-0.2, -0.15) is 0 Å². The highest BCUT2D eigenvalue weighted by molar-refractivity contribution is 7.18. The average Bonchev–Trinajstić information content (AvgIpc) is 2.83. The van der Waals surface area contributed by atoms with Gasteiger partial charge in [0.25, 0.3) is 5.56 Å². The fourth-order valence-electron chi connectivity index (χ4n) is 2.73. The average molecular weight is 346 g/mol. The van der Waals surface area contributed by atoms with Gasteiger partial charge in [0, 0.05) is 18.4 Å². The van der Waals surface area contributed by atoms with Crippen molar-refractivity contribution in [1.29, 1.82) is 0 Å². The van der Waals surface area contributed by atoms with Crippen molar-refractivity contribution < 1.29 is 9.13 Å². The summed E-state index contributed by atoms with van der Waals surface area (Å²) in [5, 5.41) is 0.662. The Morgan fingerprint density at radius 2 is 2.12 bits per heavy atom. The number of hydrogen-bond acceptors (Lipinski definition) is 4. The normalized spacial score (nSPS) is 11.3. The lowest BCUT2D eigenvalue weighted by Crippen LogP contribution is -2.26. The molecule has 6 heteroatoms. The number of ether oxygens (including phenoxy) is 1. The SMILES string of the molecule is COCCc1nc2sc(C)c(C)c2c(=O)n1Cc1cccc(F)c1. The zero-order valence-electron chi connectivity index (χ0n) is 13.9. The van der Waals surface area contributed by atoms with Crippen molar-refractivity contribution in [3.05, 3.63) is 62.3 Å². The maximum absolute atomic E-state index is 13.5. The summed E-state index contributed by atoms with van der Waals surface area (Å²) in [6.45, 7) is 4.71. The van der Waals surface area contributed by atoms with Gasteiger partial charge in [-0.1, -0.05) is 12.1 Å². The van der Waals surface area contributed by atoms with Crippen LogP contribution >= 0.6 is 11.3 Å². The van der Waals surface area contributed by atoms with Crippen molar-refractivity contribution in [1.82, 2.24) is 9.55 Å². The maximum atomic E-state index is 13.5. The Hall–Kier alpha value is -2.05. The Labute approximate surface area is 143 Å². The number of nitrogens with zero attached hydrogens (tertiary/aromatic N) is 2. The van der Waals surface area contributed by atoms with E-state index in [1.807, 2.05) is 19.9 Å². The highest BCUT2D eigenvalue weighted by Gasteiger charge is 2.16. The summed E-state index contributed by atoms with van der Waals surface area (Å²) in [5.41, 5.74) is 1.64. The highest BCUT2D eigenvalue weighted by Crippen LogP contribution is 2.26. The zero-order chi connectivity index (χ0) is 17.3. The molecule has 0 aliphatic rings. The summed E-state index contributed by atoms with van der Waals surface area (Å²) in [6, 6.07) is 6.30. The zero-order valence-corrected chi connectivity index (χ0v) is 14.7. The Bertz CT molecular complexity index is 946. The van der Waals surface area contributed by atoms with Crippen LogP contribution in [0.3, 0.4) is 0 Å². The number of methoxy groups -OCH3 is 1. The van der Waals surface area contributed by atoms with Crippen LogP contribution in [0.15, 0.2) is 29.1 Å². The Kier molecular flexibility index (Phi) is 4.78. The lowest BCUT2D eigenvalue weighted by atomic mass is 10.2. The summed E-state index contributed by atoms with van der Waals surface area (Å²) < 4.78 is 20.2. The van der Waals surface area contributed by atoms with E-state index in [-0.39, 0.29) is 11.4 Å². The molecule has 0 bridgehead atoms. The molecule has 2 heterocycles.